The predicted octanol–water partition coefficient (Wildman–Crippen LogP) is 1.87. The average molecular weight is 399 g/mol. The summed E-state index contributed by atoms with van der Waals surface area (Å²) in [4.78, 5) is 36.0. The van der Waals surface area contributed by atoms with E-state index in [0.29, 0.717) is 18.4 Å². The van der Waals surface area contributed by atoms with E-state index in [-0.39, 0.29) is 18.1 Å². The first-order chi connectivity index (χ1) is 13.8. The first-order valence-electron chi connectivity index (χ1n) is 9.50. The molecule has 7 heteroatoms. The third-order valence-electron chi connectivity index (χ3n) is 4.51. The molecule has 4 N–H and O–H groups in total. The molecule has 0 fully saturated rings. The lowest BCUT2D eigenvalue weighted by Gasteiger charge is -2.21. The lowest BCUT2D eigenvalue weighted by Crippen LogP contribution is -2.53. The van der Waals surface area contributed by atoms with E-state index >= 15 is 0 Å². The van der Waals surface area contributed by atoms with Gasteiger partial charge in [-0.05, 0) is 42.5 Å². The molecule has 0 bridgehead atoms. The standard InChI is InChI=1S/C22H26FN3O3/c1-15(27)25-20(14-17-10-12-18(23)13-11-17)22(29)26-19(21(24)28)9-5-8-16-6-3-2-4-7-16/h2-4,6-7,10-13,19-20H,5,8-9,14H2,1H3,(H2,24,28)(H,25,27)(H,26,29)/t19-,20-/m0/s1. The first-order valence-corrected chi connectivity index (χ1v) is 9.50. The number of hydrogen-bond acceptors (Lipinski definition) is 3. The van der Waals surface area contributed by atoms with Crippen LogP contribution in [-0.2, 0) is 27.2 Å². The molecule has 2 aromatic carbocycles. The second-order valence-corrected chi connectivity index (χ2v) is 6.93. The largest absolute Gasteiger partial charge is 0.368 e. The fourth-order valence-electron chi connectivity index (χ4n) is 3.02. The number of carbonyl (C=O) groups is 3. The van der Waals surface area contributed by atoms with Crippen molar-refractivity contribution in [3.05, 3.63) is 71.5 Å². The Balaban J connectivity index is 1.98. The molecule has 29 heavy (non-hydrogen) atoms. The Morgan fingerprint density at radius 1 is 0.931 bits per heavy atom. The zero-order chi connectivity index (χ0) is 21.2. The van der Waals surface area contributed by atoms with Crippen molar-refractivity contribution in [2.75, 3.05) is 0 Å². The van der Waals surface area contributed by atoms with Gasteiger partial charge in [-0.2, -0.15) is 0 Å². The van der Waals surface area contributed by atoms with E-state index < -0.39 is 23.9 Å². The number of nitrogens with one attached hydrogen (secondary N) is 2. The molecule has 2 atom stereocenters. The van der Waals surface area contributed by atoms with E-state index in [0.717, 1.165) is 12.0 Å². The molecule has 0 saturated heterocycles. The number of halogens is 1. The second-order valence-electron chi connectivity index (χ2n) is 6.93. The van der Waals surface area contributed by atoms with E-state index in [9.17, 15) is 18.8 Å². The van der Waals surface area contributed by atoms with Gasteiger partial charge in [-0.25, -0.2) is 4.39 Å². The summed E-state index contributed by atoms with van der Waals surface area (Å²) in [5, 5.41) is 5.21. The van der Waals surface area contributed by atoms with Gasteiger partial charge in [0.15, 0.2) is 0 Å². The van der Waals surface area contributed by atoms with Crippen LogP contribution in [0.25, 0.3) is 0 Å². The molecule has 0 spiro atoms. The summed E-state index contributed by atoms with van der Waals surface area (Å²) in [6.45, 7) is 1.30. The maximum Gasteiger partial charge on any atom is 0.243 e. The van der Waals surface area contributed by atoms with Gasteiger partial charge in [0.2, 0.25) is 17.7 Å². The third kappa shape index (κ3) is 7.73. The summed E-state index contributed by atoms with van der Waals surface area (Å²) in [5.74, 6) is -1.91. The van der Waals surface area contributed by atoms with Crippen LogP contribution in [0, 0.1) is 5.82 Å². The summed E-state index contributed by atoms with van der Waals surface area (Å²) in [6, 6.07) is 13.7. The molecule has 2 rings (SSSR count). The Kier molecular flexibility index (Phi) is 8.33. The maximum absolute atomic E-state index is 13.1. The van der Waals surface area contributed by atoms with Crippen LogP contribution in [0.2, 0.25) is 0 Å². The van der Waals surface area contributed by atoms with Crippen molar-refractivity contribution in [3.8, 4) is 0 Å². The van der Waals surface area contributed by atoms with Gasteiger partial charge in [0.1, 0.15) is 17.9 Å². The minimum atomic E-state index is -0.895. The van der Waals surface area contributed by atoms with Crippen molar-refractivity contribution in [2.45, 2.75) is 44.7 Å². The molecule has 0 saturated carbocycles. The molecule has 0 heterocycles. The van der Waals surface area contributed by atoms with Crippen molar-refractivity contribution < 1.29 is 18.8 Å². The fourth-order valence-corrected chi connectivity index (χ4v) is 3.02. The van der Waals surface area contributed by atoms with Crippen LogP contribution in [0.5, 0.6) is 0 Å². The topological polar surface area (TPSA) is 101 Å². The number of hydrogen-bond donors (Lipinski definition) is 3. The summed E-state index contributed by atoms with van der Waals surface area (Å²) in [6.07, 6.45) is 1.98. The molecule has 6 nitrogen and oxygen atoms in total. The van der Waals surface area contributed by atoms with E-state index in [1.165, 1.54) is 19.1 Å². The normalized spacial score (nSPS) is 12.6. The van der Waals surface area contributed by atoms with Gasteiger partial charge in [0.25, 0.3) is 0 Å². The van der Waals surface area contributed by atoms with Gasteiger partial charge in [0.05, 0.1) is 0 Å². The number of amides is 3. The Bertz CT molecular complexity index is 825. The summed E-state index contributed by atoms with van der Waals surface area (Å²) in [5.41, 5.74) is 7.27. The minimum Gasteiger partial charge on any atom is -0.368 e. The van der Waals surface area contributed by atoms with Gasteiger partial charge in [-0.3, -0.25) is 14.4 Å². The van der Waals surface area contributed by atoms with Gasteiger partial charge in [-0.15, -0.1) is 0 Å². The number of aryl methyl sites for hydroxylation is 1. The molecule has 0 aliphatic heterocycles. The van der Waals surface area contributed by atoms with Gasteiger partial charge < -0.3 is 16.4 Å². The quantitative estimate of drug-likeness (QED) is 0.568. The van der Waals surface area contributed by atoms with E-state index in [2.05, 4.69) is 10.6 Å². The smallest absolute Gasteiger partial charge is 0.243 e. The van der Waals surface area contributed by atoms with Crippen molar-refractivity contribution in [1.29, 1.82) is 0 Å². The number of nitrogens with two attached hydrogens (primary N) is 1. The summed E-state index contributed by atoms with van der Waals surface area (Å²) in [7, 11) is 0. The van der Waals surface area contributed by atoms with Crippen LogP contribution >= 0.6 is 0 Å². The zero-order valence-corrected chi connectivity index (χ0v) is 16.4. The lowest BCUT2D eigenvalue weighted by atomic mass is 10.0. The fraction of sp³-hybridized carbons (Fsp3) is 0.318. The highest BCUT2D eigenvalue weighted by atomic mass is 19.1. The number of benzene rings is 2. The lowest BCUT2D eigenvalue weighted by molar-refractivity contribution is -0.130. The van der Waals surface area contributed by atoms with Gasteiger partial charge >= 0.3 is 0 Å². The van der Waals surface area contributed by atoms with E-state index in [1.54, 1.807) is 12.1 Å². The molecular weight excluding hydrogens is 373 g/mol. The molecule has 0 aliphatic carbocycles. The van der Waals surface area contributed by atoms with Crippen molar-refractivity contribution in [2.24, 2.45) is 5.73 Å². The Morgan fingerprint density at radius 3 is 2.17 bits per heavy atom. The summed E-state index contributed by atoms with van der Waals surface area (Å²) >= 11 is 0. The Labute approximate surface area is 169 Å². The number of carbonyl (C=O) groups excluding carboxylic acids is 3. The van der Waals surface area contributed by atoms with Crippen LogP contribution in [0.3, 0.4) is 0 Å². The molecule has 0 radical (unpaired) electrons. The van der Waals surface area contributed by atoms with Crippen molar-refractivity contribution in [3.63, 3.8) is 0 Å². The molecular formula is C22H26FN3O3. The number of rotatable bonds is 10. The highest BCUT2D eigenvalue weighted by molar-refractivity contribution is 5.91. The van der Waals surface area contributed by atoms with E-state index in [1.807, 2.05) is 30.3 Å². The molecule has 0 aliphatic rings. The van der Waals surface area contributed by atoms with E-state index in [4.69, 9.17) is 5.73 Å². The average Bonchev–Trinajstić information content (AvgIpc) is 2.68. The molecule has 3 amide bonds. The first kappa shape index (κ1) is 22.1. The van der Waals surface area contributed by atoms with Crippen molar-refractivity contribution >= 4 is 17.7 Å². The maximum atomic E-state index is 13.1. The SMILES string of the molecule is CC(=O)N[C@@H](Cc1ccc(F)cc1)C(=O)N[C@@H](CCCc1ccccc1)C(N)=O. The van der Waals surface area contributed by atoms with Gasteiger partial charge in [-0.1, -0.05) is 42.5 Å². The van der Waals surface area contributed by atoms with Crippen LogP contribution in [0.4, 0.5) is 4.39 Å². The number of primary amides is 1. The monoisotopic (exact) mass is 399 g/mol. The Hall–Kier alpha value is -3.22. The second kappa shape index (κ2) is 10.9. The van der Waals surface area contributed by atoms with Crippen LogP contribution in [0.15, 0.2) is 54.6 Å². The van der Waals surface area contributed by atoms with Gasteiger partial charge in [0, 0.05) is 13.3 Å². The minimum absolute atomic E-state index is 0.168. The predicted molar refractivity (Wildman–Crippen MR) is 108 cm³/mol. The molecule has 154 valence electrons. The molecule has 0 aromatic heterocycles. The highest BCUT2D eigenvalue weighted by Gasteiger charge is 2.25. The van der Waals surface area contributed by atoms with Crippen LogP contribution < -0.4 is 16.4 Å². The zero-order valence-electron chi connectivity index (χ0n) is 16.4. The highest BCUT2D eigenvalue weighted by Crippen LogP contribution is 2.09. The Morgan fingerprint density at radius 2 is 1.59 bits per heavy atom. The van der Waals surface area contributed by atoms with Crippen LogP contribution in [0.1, 0.15) is 30.9 Å². The third-order valence-corrected chi connectivity index (χ3v) is 4.51. The van der Waals surface area contributed by atoms with Crippen molar-refractivity contribution in [1.82, 2.24) is 10.6 Å². The van der Waals surface area contributed by atoms with Crippen LogP contribution in [-0.4, -0.2) is 29.8 Å². The summed E-state index contributed by atoms with van der Waals surface area (Å²) < 4.78 is 13.1. The molecule has 0 unspecified atom stereocenters. The molecule has 2 aromatic rings.